The lowest BCUT2D eigenvalue weighted by atomic mass is 9.87. The molecular weight excluding hydrogens is 901 g/mol. The van der Waals surface area contributed by atoms with Crippen molar-refractivity contribution < 1.29 is 159 Å². The molecular formula is C16F34O2P-. The summed E-state index contributed by atoms with van der Waals surface area (Å²) in [5.74, 6) is -117. The second-order valence-corrected chi connectivity index (χ2v) is 11.7. The lowest BCUT2D eigenvalue weighted by molar-refractivity contribution is -0.473. The van der Waals surface area contributed by atoms with Gasteiger partial charge in [0.15, 0.2) is 7.37 Å². The average Bonchev–Trinajstić information content (AvgIpc) is 2.89. The molecule has 1 unspecified atom stereocenters. The average molecular weight is 901 g/mol. The second-order valence-electron chi connectivity index (χ2n) is 9.52. The minimum absolute atomic E-state index is 8.40. The summed E-state index contributed by atoms with van der Waals surface area (Å²) >= 11 is 0. The predicted molar refractivity (Wildman–Crippen MR) is 89.0 cm³/mol. The molecule has 0 aliphatic heterocycles. The lowest BCUT2D eigenvalue weighted by Gasteiger charge is -2.48. The third-order valence-corrected chi connectivity index (χ3v) is 8.19. The molecule has 0 heterocycles. The minimum Gasteiger partial charge on any atom is -0.791 e. The molecule has 0 spiro atoms. The summed E-state index contributed by atoms with van der Waals surface area (Å²) in [5.41, 5.74) is -19.8. The van der Waals surface area contributed by atoms with Crippen LogP contribution in [-0.4, -0.2) is 94.8 Å². The van der Waals surface area contributed by atoms with Crippen LogP contribution in [0.5, 0.6) is 0 Å². The normalized spacial score (nSPS) is 18.3. The molecule has 1 atom stereocenters. The van der Waals surface area contributed by atoms with Gasteiger partial charge in [0.05, 0.1) is 0 Å². The monoisotopic (exact) mass is 901 g/mol. The van der Waals surface area contributed by atoms with E-state index in [2.05, 4.69) is 0 Å². The molecule has 37 heteroatoms. The third kappa shape index (κ3) is 5.66. The Balaban J connectivity index is 7.80. The van der Waals surface area contributed by atoms with Gasteiger partial charge in [-0.05, 0) is 0 Å². The highest BCUT2D eigenvalue weighted by Crippen LogP contribution is 2.78. The van der Waals surface area contributed by atoms with Gasteiger partial charge in [0, 0.05) is 0 Å². The van der Waals surface area contributed by atoms with Gasteiger partial charge in [-0.2, -0.15) is 149 Å². The van der Waals surface area contributed by atoms with Crippen LogP contribution in [0.3, 0.4) is 0 Å². The van der Waals surface area contributed by atoms with Gasteiger partial charge in [-0.25, -0.2) is 0 Å². The molecule has 0 rings (SSSR count). The largest absolute Gasteiger partial charge is 0.791 e. The highest BCUT2D eigenvalue weighted by Gasteiger charge is 3.00. The molecule has 0 saturated carbocycles. The van der Waals surface area contributed by atoms with Gasteiger partial charge in [-0.3, -0.25) is 0 Å². The van der Waals surface area contributed by atoms with Crippen LogP contribution in [0.25, 0.3) is 0 Å². The topological polar surface area (TPSA) is 40.1 Å². The number of hydrogen-bond acceptors (Lipinski definition) is 2. The zero-order valence-electron chi connectivity index (χ0n) is 22.1. The fraction of sp³-hybridized carbons (Fsp3) is 1.00. The molecule has 0 aromatic heterocycles. The van der Waals surface area contributed by atoms with Crippen LogP contribution >= 0.6 is 7.37 Å². The number of halogens is 34. The smallest absolute Gasteiger partial charge is 0.460 e. The maximum Gasteiger partial charge on any atom is 0.460 e. The van der Waals surface area contributed by atoms with E-state index in [9.17, 15) is 159 Å². The molecule has 0 radical (unpaired) electrons. The van der Waals surface area contributed by atoms with Crippen molar-refractivity contribution in [2.45, 2.75) is 94.8 Å². The Morgan fingerprint density at radius 3 is 0.472 bits per heavy atom. The summed E-state index contributed by atoms with van der Waals surface area (Å²) in [5, 5.41) is 0. The quantitative estimate of drug-likeness (QED) is 0.129. The molecule has 0 aromatic rings. The van der Waals surface area contributed by atoms with E-state index in [1.807, 2.05) is 0 Å². The van der Waals surface area contributed by atoms with Crippen molar-refractivity contribution in [1.82, 2.24) is 0 Å². The number of hydrogen-bond donors (Lipinski definition) is 0. The number of rotatable bonds is 14. The van der Waals surface area contributed by atoms with Crippen molar-refractivity contribution in [1.29, 1.82) is 0 Å². The van der Waals surface area contributed by atoms with Crippen LogP contribution in [0.2, 0.25) is 0 Å². The summed E-state index contributed by atoms with van der Waals surface area (Å²) < 4.78 is 460. The standard InChI is InChI=1S/C16HF34O2P/c17-1(18,3(21,22)5(25,26)9(33,34)13(41,42)43)2(19,20)4(23,24)7(29,30)11(37,38)15(47,48)53(51,52)16(49,50)12(39,40)8(31,32)6(27,28)10(35,36)14(44,45)46/h(H,51,52)/p-1. The molecule has 0 saturated heterocycles. The van der Waals surface area contributed by atoms with E-state index in [-0.39, 0.29) is 0 Å². The first-order valence-electron chi connectivity index (χ1n) is 10.7. The molecule has 0 aliphatic carbocycles. The van der Waals surface area contributed by atoms with Crippen LogP contribution in [-0.2, 0) is 4.57 Å². The van der Waals surface area contributed by atoms with Gasteiger partial charge in [0.1, 0.15) is 0 Å². The molecule has 0 aliphatic rings. The van der Waals surface area contributed by atoms with E-state index in [0.29, 0.717) is 0 Å². The van der Waals surface area contributed by atoms with Crippen LogP contribution in [0.15, 0.2) is 0 Å². The molecule has 320 valence electrons. The van der Waals surface area contributed by atoms with Gasteiger partial charge in [-0.15, -0.1) is 0 Å². The van der Waals surface area contributed by atoms with Crippen LogP contribution in [0.4, 0.5) is 149 Å². The second kappa shape index (κ2) is 11.9. The van der Waals surface area contributed by atoms with Crippen molar-refractivity contribution in [3.63, 3.8) is 0 Å². The molecule has 0 bridgehead atoms. The predicted octanol–water partition coefficient (Wildman–Crippen LogP) is 10.6. The van der Waals surface area contributed by atoms with Crippen molar-refractivity contribution in [3.05, 3.63) is 0 Å². The van der Waals surface area contributed by atoms with Crippen LogP contribution in [0.1, 0.15) is 0 Å². The number of alkyl halides is 34. The van der Waals surface area contributed by atoms with E-state index in [4.69, 9.17) is 0 Å². The van der Waals surface area contributed by atoms with Gasteiger partial charge in [0.25, 0.3) is 0 Å². The Morgan fingerprint density at radius 1 is 0.226 bits per heavy atom. The highest BCUT2D eigenvalue weighted by atomic mass is 31.2. The molecule has 0 N–H and O–H groups in total. The summed E-state index contributed by atoms with van der Waals surface area (Å²) in [6, 6.07) is 0. The Hall–Kier alpha value is -2.19. The maximum atomic E-state index is 13.9. The Morgan fingerprint density at radius 2 is 0.340 bits per heavy atom. The fourth-order valence-corrected chi connectivity index (χ4v) is 4.23. The lowest BCUT2D eigenvalue weighted by Crippen LogP contribution is -2.77. The SMILES string of the molecule is O=P([O-])(C(F)(F)C(F)(F)C(F)(F)C(F)(F)C(F)(F)C(F)(F)F)C(F)(F)C(F)(F)C(F)(F)C(F)(F)C(F)(F)C(F)(F)C(F)(F)C(F)(F)C(F)(F)C(F)(F)F. The molecule has 2 nitrogen and oxygen atoms in total. The maximum absolute atomic E-state index is 13.9. The molecule has 53 heavy (non-hydrogen) atoms. The first kappa shape index (κ1) is 50.8. The van der Waals surface area contributed by atoms with Crippen LogP contribution in [0, 0.1) is 0 Å². The third-order valence-electron chi connectivity index (χ3n) is 6.15. The van der Waals surface area contributed by atoms with Crippen LogP contribution < -0.4 is 4.89 Å². The zero-order valence-corrected chi connectivity index (χ0v) is 23.0. The van der Waals surface area contributed by atoms with E-state index in [1.54, 1.807) is 0 Å². The summed E-state index contributed by atoms with van der Waals surface area (Å²) in [4.78, 5) is 11.2. The first-order valence-corrected chi connectivity index (χ1v) is 12.4. The van der Waals surface area contributed by atoms with Gasteiger partial charge in [0.2, 0.25) is 0 Å². The molecule has 0 fully saturated rings. The fourth-order valence-electron chi connectivity index (χ4n) is 2.86. The van der Waals surface area contributed by atoms with Crippen molar-refractivity contribution in [2.75, 3.05) is 0 Å². The van der Waals surface area contributed by atoms with Crippen molar-refractivity contribution in [2.24, 2.45) is 0 Å². The summed E-state index contributed by atoms with van der Waals surface area (Å²) in [7, 11) is -11.5. The minimum atomic E-state index is -11.5. The first-order chi connectivity index (χ1) is 22.0. The van der Waals surface area contributed by atoms with Crippen molar-refractivity contribution in [3.8, 4) is 0 Å². The van der Waals surface area contributed by atoms with Crippen molar-refractivity contribution >= 4 is 7.37 Å². The van der Waals surface area contributed by atoms with Gasteiger partial charge in [-0.1, -0.05) is 0 Å². The molecule has 0 aromatic carbocycles. The van der Waals surface area contributed by atoms with Gasteiger partial charge < -0.3 is 9.46 Å². The summed E-state index contributed by atoms with van der Waals surface area (Å²) in [6.07, 6.45) is -16.8. The Bertz CT molecular complexity index is 1410. The van der Waals surface area contributed by atoms with Gasteiger partial charge >= 0.3 is 94.8 Å². The van der Waals surface area contributed by atoms with E-state index in [1.165, 1.54) is 0 Å². The molecule has 0 amide bonds. The van der Waals surface area contributed by atoms with E-state index in [0.717, 1.165) is 0 Å². The van der Waals surface area contributed by atoms with E-state index >= 15 is 0 Å². The Kier molecular flexibility index (Phi) is 11.4. The summed E-state index contributed by atoms with van der Waals surface area (Å²) in [6.45, 7) is 0. The zero-order chi connectivity index (χ0) is 44.5. The Labute approximate surface area is 262 Å². The highest BCUT2D eigenvalue weighted by molar-refractivity contribution is 7.59. The van der Waals surface area contributed by atoms with E-state index < -0.39 is 102 Å².